The Morgan fingerprint density at radius 1 is 0.821 bits per heavy atom. The molecule has 0 spiro atoms. The lowest BCUT2D eigenvalue weighted by Gasteiger charge is -2.36. The molecule has 0 unspecified atom stereocenters. The first kappa shape index (κ1) is 24.9. The average Bonchev–Trinajstić information content (AvgIpc) is 2.97. The van der Waals surface area contributed by atoms with Crippen LogP contribution in [0.15, 0.2) is 91.1 Å². The van der Waals surface area contributed by atoms with Crippen LogP contribution < -0.4 is 20.4 Å². The third kappa shape index (κ3) is 5.89. The third-order valence-corrected chi connectivity index (χ3v) is 7.15. The predicted octanol–water partition coefficient (Wildman–Crippen LogP) is 6.67. The largest absolute Gasteiger partial charge is 0.368 e. The highest BCUT2D eigenvalue weighted by atomic mass is 35.5. The zero-order chi connectivity index (χ0) is 26.6. The summed E-state index contributed by atoms with van der Waals surface area (Å²) in [4.78, 5) is 18.7. The molecule has 196 valence electrons. The monoisotopic (exact) mass is 535 g/mol. The van der Waals surface area contributed by atoms with Gasteiger partial charge in [0.25, 0.3) is 0 Å². The minimum Gasteiger partial charge on any atom is -0.368 e. The van der Waals surface area contributed by atoms with Gasteiger partial charge in [0.05, 0.1) is 5.52 Å². The molecule has 1 aliphatic rings. The van der Waals surface area contributed by atoms with Gasteiger partial charge >= 0.3 is 0 Å². The molecule has 0 atom stereocenters. The maximum atomic E-state index is 6.15. The van der Waals surface area contributed by atoms with Crippen LogP contribution in [0.3, 0.4) is 0 Å². The summed E-state index contributed by atoms with van der Waals surface area (Å²) >= 11 is 6.15. The molecule has 3 heterocycles. The van der Waals surface area contributed by atoms with Crippen LogP contribution in [0.1, 0.15) is 11.3 Å². The second-order valence-electron chi connectivity index (χ2n) is 9.70. The van der Waals surface area contributed by atoms with Gasteiger partial charge in [0, 0.05) is 78.2 Å². The van der Waals surface area contributed by atoms with Crippen LogP contribution in [0.25, 0.3) is 10.9 Å². The molecule has 0 bridgehead atoms. The lowest BCUT2D eigenvalue weighted by molar-refractivity contribution is 0.639. The van der Waals surface area contributed by atoms with Gasteiger partial charge in [-0.2, -0.15) is 4.98 Å². The van der Waals surface area contributed by atoms with Gasteiger partial charge in [-0.25, -0.2) is 4.98 Å². The van der Waals surface area contributed by atoms with E-state index in [1.165, 1.54) is 5.69 Å². The quantitative estimate of drug-likeness (QED) is 0.241. The number of rotatable bonds is 7. The molecule has 2 aromatic heterocycles. The number of piperazine rings is 1. The van der Waals surface area contributed by atoms with Crippen LogP contribution in [0.5, 0.6) is 0 Å². The molecule has 5 aromatic rings. The number of nitrogens with one attached hydrogen (secondary N) is 2. The molecule has 39 heavy (non-hydrogen) atoms. The predicted molar refractivity (Wildman–Crippen MR) is 161 cm³/mol. The Bertz CT molecular complexity index is 1580. The highest BCUT2D eigenvalue weighted by Gasteiger charge is 2.20. The fourth-order valence-electron chi connectivity index (χ4n) is 4.93. The Balaban J connectivity index is 1.11. The molecule has 1 aliphatic heterocycles. The van der Waals surface area contributed by atoms with E-state index in [4.69, 9.17) is 21.6 Å². The van der Waals surface area contributed by atoms with Gasteiger partial charge in [-0.05, 0) is 61.0 Å². The Kier molecular flexibility index (Phi) is 7.15. The van der Waals surface area contributed by atoms with Crippen molar-refractivity contribution in [2.24, 2.45) is 0 Å². The molecule has 1 saturated heterocycles. The van der Waals surface area contributed by atoms with Crippen molar-refractivity contribution >= 4 is 51.3 Å². The number of hydrogen-bond donors (Lipinski definition) is 2. The Hall–Kier alpha value is -4.36. The highest BCUT2D eigenvalue weighted by molar-refractivity contribution is 6.31. The van der Waals surface area contributed by atoms with Crippen molar-refractivity contribution in [3.8, 4) is 0 Å². The Morgan fingerprint density at radius 2 is 1.64 bits per heavy atom. The first-order valence-corrected chi connectivity index (χ1v) is 13.5. The van der Waals surface area contributed by atoms with Crippen LogP contribution in [0, 0.1) is 6.92 Å². The molecule has 0 radical (unpaired) electrons. The number of halogens is 1. The zero-order valence-corrected chi connectivity index (χ0v) is 22.6. The molecule has 0 aliphatic carbocycles. The third-order valence-electron chi connectivity index (χ3n) is 6.91. The molecule has 0 saturated carbocycles. The molecular formula is C31H30ClN7. The van der Waals surface area contributed by atoms with E-state index in [-0.39, 0.29) is 0 Å². The Morgan fingerprint density at radius 3 is 2.49 bits per heavy atom. The van der Waals surface area contributed by atoms with Crippen molar-refractivity contribution in [2.45, 2.75) is 13.5 Å². The van der Waals surface area contributed by atoms with E-state index in [9.17, 15) is 0 Å². The summed E-state index contributed by atoms with van der Waals surface area (Å²) in [6, 6.07) is 28.7. The summed E-state index contributed by atoms with van der Waals surface area (Å²) in [7, 11) is 0. The molecule has 8 heteroatoms. The summed E-state index contributed by atoms with van der Waals surface area (Å²) in [5.41, 5.74) is 6.23. The van der Waals surface area contributed by atoms with Crippen molar-refractivity contribution < 1.29 is 0 Å². The van der Waals surface area contributed by atoms with E-state index in [2.05, 4.69) is 80.0 Å². The van der Waals surface area contributed by atoms with Gasteiger partial charge in [0.15, 0.2) is 0 Å². The molecule has 2 N–H and O–H groups in total. The fraction of sp³-hybridized carbons (Fsp3) is 0.194. The molecule has 3 aromatic carbocycles. The number of aryl methyl sites for hydroxylation is 1. The lowest BCUT2D eigenvalue weighted by atomic mass is 10.1. The fourth-order valence-corrected chi connectivity index (χ4v) is 5.09. The van der Waals surface area contributed by atoms with E-state index in [0.717, 1.165) is 71.5 Å². The number of para-hydroxylation sites is 1. The van der Waals surface area contributed by atoms with E-state index in [1.54, 1.807) is 6.20 Å². The number of benzene rings is 3. The summed E-state index contributed by atoms with van der Waals surface area (Å²) in [5, 5.41) is 8.74. The molecule has 6 rings (SSSR count). The number of hydrogen-bond acceptors (Lipinski definition) is 7. The van der Waals surface area contributed by atoms with Crippen LogP contribution in [-0.4, -0.2) is 41.1 Å². The van der Waals surface area contributed by atoms with Gasteiger partial charge in [-0.3, -0.25) is 4.98 Å². The van der Waals surface area contributed by atoms with Gasteiger partial charge in [-0.15, -0.1) is 0 Å². The summed E-state index contributed by atoms with van der Waals surface area (Å²) in [6.45, 7) is 6.35. The summed E-state index contributed by atoms with van der Waals surface area (Å²) in [5.74, 6) is 1.61. The maximum Gasteiger partial charge on any atom is 0.227 e. The van der Waals surface area contributed by atoms with E-state index in [0.29, 0.717) is 11.6 Å². The standard InChI is InChI=1S/C31H30ClN7/c1-22-18-30(37-31(35-22)39-16-14-38(15-17-39)26-8-3-2-4-9-26)34-21-23-6-5-7-25(19-23)36-28-12-13-33-29-20-24(32)10-11-27(28)29/h2-13,18-20H,14-17,21H2,1H3,(H,33,36)(H,34,35,37). The first-order chi connectivity index (χ1) is 19.1. The number of fused-ring (bicyclic) bond motifs is 1. The lowest BCUT2D eigenvalue weighted by Crippen LogP contribution is -2.47. The average molecular weight is 536 g/mol. The number of nitrogens with zero attached hydrogens (tertiary/aromatic N) is 5. The van der Waals surface area contributed by atoms with Gasteiger partial charge in [0.1, 0.15) is 5.82 Å². The summed E-state index contributed by atoms with van der Waals surface area (Å²) < 4.78 is 0. The van der Waals surface area contributed by atoms with Crippen LogP contribution in [-0.2, 0) is 6.54 Å². The maximum absolute atomic E-state index is 6.15. The topological polar surface area (TPSA) is 69.2 Å². The number of aromatic nitrogens is 3. The molecule has 0 amide bonds. The van der Waals surface area contributed by atoms with Crippen LogP contribution in [0.4, 0.5) is 28.8 Å². The summed E-state index contributed by atoms with van der Waals surface area (Å²) in [6.07, 6.45) is 1.79. The SMILES string of the molecule is Cc1cc(NCc2cccc(Nc3ccnc4cc(Cl)ccc34)c2)nc(N2CCN(c3ccccc3)CC2)n1. The number of pyridine rings is 1. The highest BCUT2D eigenvalue weighted by Crippen LogP contribution is 2.28. The first-order valence-electron chi connectivity index (χ1n) is 13.2. The van der Waals surface area contributed by atoms with Crippen molar-refractivity contribution in [3.05, 3.63) is 107 Å². The van der Waals surface area contributed by atoms with Gasteiger partial charge in [-0.1, -0.05) is 41.9 Å². The number of anilines is 5. The smallest absolute Gasteiger partial charge is 0.227 e. The van der Waals surface area contributed by atoms with Crippen molar-refractivity contribution in [3.63, 3.8) is 0 Å². The van der Waals surface area contributed by atoms with Crippen molar-refractivity contribution in [1.82, 2.24) is 15.0 Å². The second kappa shape index (κ2) is 11.2. The van der Waals surface area contributed by atoms with E-state index < -0.39 is 0 Å². The van der Waals surface area contributed by atoms with Crippen molar-refractivity contribution in [2.75, 3.05) is 46.6 Å². The van der Waals surface area contributed by atoms with E-state index in [1.807, 2.05) is 37.3 Å². The van der Waals surface area contributed by atoms with Crippen LogP contribution >= 0.6 is 11.6 Å². The molecule has 1 fully saturated rings. The van der Waals surface area contributed by atoms with Gasteiger partial charge < -0.3 is 20.4 Å². The van der Waals surface area contributed by atoms with Crippen LogP contribution in [0.2, 0.25) is 5.02 Å². The molecular weight excluding hydrogens is 506 g/mol. The second-order valence-corrected chi connectivity index (χ2v) is 10.1. The zero-order valence-electron chi connectivity index (χ0n) is 21.8. The minimum absolute atomic E-state index is 0.653. The Labute approximate surface area is 233 Å². The van der Waals surface area contributed by atoms with Crippen molar-refractivity contribution in [1.29, 1.82) is 0 Å². The van der Waals surface area contributed by atoms with Gasteiger partial charge in [0.2, 0.25) is 5.95 Å². The minimum atomic E-state index is 0.653. The van der Waals surface area contributed by atoms with E-state index >= 15 is 0 Å². The molecule has 7 nitrogen and oxygen atoms in total. The normalized spacial score (nSPS) is 13.5.